The van der Waals surface area contributed by atoms with Crippen molar-refractivity contribution in [2.24, 2.45) is 0 Å². The molecule has 0 bridgehead atoms. The highest BCUT2D eigenvalue weighted by atomic mass is 35.5. The fraction of sp³-hybridized carbons (Fsp3) is 0.111. The molecule has 5 nitrogen and oxygen atoms in total. The average molecular weight is 409 g/mol. The lowest BCUT2D eigenvalue weighted by Crippen LogP contribution is -2.28. The largest absolute Gasteiger partial charge is 0.505 e. The van der Waals surface area contributed by atoms with Crippen molar-refractivity contribution in [2.45, 2.75) is 0 Å². The molecule has 0 saturated carbocycles. The van der Waals surface area contributed by atoms with Gasteiger partial charge in [0.05, 0.1) is 15.7 Å². The Morgan fingerprint density at radius 2 is 1.73 bits per heavy atom. The topological polar surface area (TPSA) is 53.0 Å². The number of thiocarbonyl (C=S) groups is 1. The van der Waals surface area contributed by atoms with Gasteiger partial charge in [0.2, 0.25) is 0 Å². The van der Waals surface area contributed by atoms with Gasteiger partial charge >= 0.3 is 5.91 Å². The third-order valence-electron chi connectivity index (χ3n) is 3.76. The maximum Gasteiger partial charge on any atom is 0.301 e. The van der Waals surface area contributed by atoms with Crippen LogP contribution in [0.1, 0.15) is 5.56 Å². The first kappa shape index (κ1) is 18.5. The lowest BCUT2D eigenvalue weighted by molar-refractivity contribution is -0.114. The van der Waals surface area contributed by atoms with Gasteiger partial charge in [-0.05, 0) is 60.3 Å². The van der Waals surface area contributed by atoms with Gasteiger partial charge in [-0.1, -0.05) is 23.2 Å². The van der Waals surface area contributed by atoms with Crippen LogP contribution >= 0.6 is 35.4 Å². The zero-order valence-electron chi connectivity index (χ0n) is 13.9. The zero-order chi connectivity index (χ0) is 19.0. The highest BCUT2D eigenvalue weighted by molar-refractivity contribution is 7.80. The predicted molar refractivity (Wildman–Crippen MR) is 108 cm³/mol. The molecule has 8 heteroatoms. The molecule has 0 aliphatic carbocycles. The Labute approximate surface area is 166 Å². The Morgan fingerprint density at radius 3 is 2.27 bits per heavy atom. The quantitative estimate of drug-likeness (QED) is 0.600. The number of benzene rings is 2. The Bertz CT molecular complexity index is 904. The summed E-state index contributed by atoms with van der Waals surface area (Å²) in [5, 5.41) is 9.81. The summed E-state index contributed by atoms with van der Waals surface area (Å²) in [5.74, 6) is -0.565. The van der Waals surface area contributed by atoms with Gasteiger partial charge in [0.25, 0.3) is 5.17 Å². The highest BCUT2D eigenvalue weighted by Gasteiger charge is 2.34. The van der Waals surface area contributed by atoms with Crippen molar-refractivity contribution in [3.63, 3.8) is 0 Å². The van der Waals surface area contributed by atoms with Gasteiger partial charge in [-0.25, -0.2) is 4.90 Å². The molecule has 0 atom stereocenters. The van der Waals surface area contributed by atoms with E-state index in [-0.39, 0.29) is 26.7 Å². The van der Waals surface area contributed by atoms with Crippen molar-refractivity contribution in [2.75, 3.05) is 23.9 Å². The summed E-state index contributed by atoms with van der Waals surface area (Å²) in [7, 11) is 3.86. The lowest BCUT2D eigenvalue weighted by atomic mass is 10.2. The van der Waals surface area contributed by atoms with Crippen molar-refractivity contribution >= 4 is 64.0 Å². The molecule has 2 aromatic rings. The van der Waals surface area contributed by atoms with E-state index < -0.39 is 5.91 Å². The van der Waals surface area contributed by atoms with Gasteiger partial charge in [-0.2, -0.15) is 0 Å². The number of hydrogen-bond donors (Lipinski definition) is 1. The summed E-state index contributed by atoms with van der Waals surface area (Å²) in [6.07, 6.45) is 1.47. The van der Waals surface area contributed by atoms with Crippen LogP contribution in [0.3, 0.4) is 0 Å². The molecule has 1 saturated heterocycles. The summed E-state index contributed by atoms with van der Waals surface area (Å²) < 4.78 is 5.44. The minimum atomic E-state index is -0.395. The summed E-state index contributed by atoms with van der Waals surface area (Å²) in [4.78, 5) is 16.0. The third kappa shape index (κ3) is 3.49. The van der Waals surface area contributed by atoms with Gasteiger partial charge in [-0.3, -0.25) is 4.79 Å². The first-order valence-electron chi connectivity index (χ1n) is 7.51. The van der Waals surface area contributed by atoms with E-state index in [1.807, 2.05) is 31.1 Å². The van der Waals surface area contributed by atoms with Crippen molar-refractivity contribution in [1.82, 2.24) is 0 Å². The molecule has 3 rings (SSSR count). The molecule has 26 heavy (non-hydrogen) atoms. The highest BCUT2D eigenvalue weighted by Crippen LogP contribution is 2.34. The number of phenolic OH excluding ortho intramolecular Hbond substituents is 1. The molecule has 1 heterocycles. The van der Waals surface area contributed by atoms with E-state index in [4.69, 9.17) is 40.2 Å². The third-order valence-corrected chi connectivity index (χ3v) is 4.60. The van der Waals surface area contributed by atoms with Crippen LogP contribution < -0.4 is 9.80 Å². The maximum absolute atomic E-state index is 12.7. The van der Waals surface area contributed by atoms with E-state index in [0.29, 0.717) is 11.3 Å². The number of phenols is 1. The smallest absolute Gasteiger partial charge is 0.301 e. The second-order valence-electron chi connectivity index (χ2n) is 5.76. The van der Waals surface area contributed by atoms with Crippen molar-refractivity contribution in [3.05, 3.63) is 57.8 Å². The molecule has 2 aromatic carbocycles. The number of aromatic hydroxyl groups is 1. The van der Waals surface area contributed by atoms with E-state index in [1.165, 1.54) is 23.1 Å². The average Bonchev–Trinajstić information content (AvgIpc) is 2.86. The van der Waals surface area contributed by atoms with Gasteiger partial charge in [-0.15, -0.1) is 0 Å². The number of hydrogen-bond acceptors (Lipinski definition) is 5. The van der Waals surface area contributed by atoms with Gasteiger partial charge in [0.1, 0.15) is 0 Å². The number of amides is 1. The fourth-order valence-corrected chi connectivity index (χ4v) is 3.19. The molecular formula is C18H14Cl2N2O3S. The fourth-order valence-electron chi connectivity index (χ4n) is 2.41. The zero-order valence-corrected chi connectivity index (χ0v) is 16.2. The van der Waals surface area contributed by atoms with E-state index in [2.05, 4.69) is 0 Å². The second-order valence-corrected chi connectivity index (χ2v) is 6.92. The molecule has 134 valence electrons. The number of ether oxygens (including phenoxy) is 1. The number of carbonyl (C=O) groups is 1. The minimum absolute atomic E-state index is 0.0369. The van der Waals surface area contributed by atoms with Crippen LogP contribution in [0.5, 0.6) is 5.75 Å². The van der Waals surface area contributed by atoms with Crippen LogP contribution in [-0.4, -0.2) is 30.3 Å². The van der Waals surface area contributed by atoms with E-state index in [9.17, 15) is 9.90 Å². The summed E-state index contributed by atoms with van der Waals surface area (Å²) in [6, 6.07) is 10.3. The summed E-state index contributed by atoms with van der Waals surface area (Å²) >= 11 is 17.0. The van der Waals surface area contributed by atoms with E-state index >= 15 is 0 Å². The van der Waals surface area contributed by atoms with Crippen LogP contribution in [0.2, 0.25) is 10.0 Å². The number of carbonyl (C=O) groups excluding carboxylic acids is 1. The Balaban J connectivity index is 1.91. The first-order chi connectivity index (χ1) is 12.3. The second kappa shape index (κ2) is 7.15. The number of anilines is 2. The van der Waals surface area contributed by atoms with Crippen LogP contribution in [0, 0.1) is 0 Å². The molecule has 0 spiro atoms. The molecular weight excluding hydrogens is 395 g/mol. The number of rotatable bonds is 3. The lowest BCUT2D eigenvalue weighted by Gasteiger charge is -2.16. The SMILES string of the molecule is CN(C)c1ccc(N2C(=O)C(=Cc3cc(Cl)c(O)c(Cl)c3)OC2=S)cc1. The summed E-state index contributed by atoms with van der Waals surface area (Å²) in [6.45, 7) is 0. The molecule has 1 aliphatic heterocycles. The Morgan fingerprint density at radius 1 is 1.15 bits per heavy atom. The molecule has 1 aliphatic rings. The van der Waals surface area contributed by atoms with Gasteiger partial charge in [0.15, 0.2) is 11.5 Å². The summed E-state index contributed by atoms with van der Waals surface area (Å²) in [5.41, 5.74) is 2.11. The van der Waals surface area contributed by atoms with Gasteiger partial charge in [0, 0.05) is 19.8 Å². The molecule has 0 radical (unpaired) electrons. The Hall–Kier alpha value is -2.28. The monoisotopic (exact) mass is 408 g/mol. The van der Waals surface area contributed by atoms with Gasteiger partial charge < -0.3 is 14.7 Å². The van der Waals surface area contributed by atoms with Crippen molar-refractivity contribution < 1.29 is 14.6 Å². The normalized spacial score (nSPS) is 15.5. The standard InChI is InChI=1S/C18H14Cl2N2O3S/c1-21(2)11-3-5-12(6-4-11)22-17(24)15(25-18(22)26)9-10-7-13(19)16(23)14(20)8-10/h3-9,23H,1-2H3. The molecule has 0 aromatic heterocycles. The number of halogens is 2. The predicted octanol–water partition coefficient (Wildman–Crippen LogP) is 4.45. The van der Waals surface area contributed by atoms with Crippen LogP contribution in [0.4, 0.5) is 11.4 Å². The minimum Gasteiger partial charge on any atom is -0.505 e. The Kier molecular flexibility index (Phi) is 5.09. The maximum atomic E-state index is 12.7. The first-order valence-corrected chi connectivity index (χ1v) is 8.67. The van der Waals surface area contributed by atoms with E-state index in [0.717, 1.165) is 5.69 Å². The van der Waals surface area contributed by atoms with Crippen LogP contribution in [0.25, 0.3) is 6.08 Å². The molecule has 0 unspecified atom stereocenters. The van der Waals surface area contributed by atoms with Crippen LogP contribution in [0.15, 0.2) is 42.2 Å². The number of nitrogens with zero attached hydrogens (tertiary/aromatic N) is 2. The van der Waals surface area contributed by atoms with Crippen molar-refractivity contribution in [3.8, 4) is 5.75 Å². The molecule has 1 amide bonds. The van der Waals surface area contributed by atoms with Crippen molar-refractivity contribution in [1.29, 1.82) is 0 Å². The van der Waals surface area contributed by atoms with Crippen LogP contribution in [-0.2, 0) is 9.53 Å². The van der Waals surface area contributed by atoms with E-state index in [1.54, 1.807) is 12.1 Å². The molecule has 1 N–H and O–H groups in total. The molecule has 1 fully saturated rings.